The molecule has 0 amide bonds. The summed E-state index contributed by atoms with van der Waals surface area (Å²) in [5.74, 6) is -0.626. The SMILES string of the molecule is CC(C)C1Cc2c(F)c3cc(C(F)(F)F)cnc3n2CC1O. The van der Waals surface area contributed by atoms with Crippen molar-refractivity contribution >= 4 is 11.0 Å². The average molecular weight is 316 g/mol. The molecular formula is C15H16F4N2O. The lowest BCUT2D eigenvalue weighted by Crippen LogP contribution is -2.36. The maximum absolute atomic E-state index is 14.5. The number of hydrogen-bond acceptors (Lipinski definition) is 2. The van der Waals surface area contributed by atoms with Gasteiger partial charge in [-0.25, -0.2) is 9.37 Å². The van der Waals surface area contributed by atoms with E-state index in [1.807, 2.05) is 13.8 Å². The quantitative estimate of drug-likeness (QED) is 0.819. The highest BCUT2D eigenvalue weighted by atomic mass is 19.4. The largest absolute Gasteiger partial charge is 0.417 e. The number of rotatable bonds is 1. The summed E-state index contributed by atoms with van der Waals surface area (Å²) in [7, 11) is 0. The van der Waals surface area contributed by atoms with Crippen LogP contribution in [0, 0.1) is 17.7 Å². The molecule has 7 heteroatoms. The first-order valence-corrected chi connectivity index (χ1v) is 7.12. The molecule has 0 saturated heterocycles. The first-order valence-electron chi connectivity index (χ1n) is 7.12. The van der Waals surface area contributed by atoms with E-state index < -0.39 is 23.7 Å². The normalized spacial score (nSPS) is 22.4. The van der Waals surface area contributed by atoms with E-state index in [0.717, 1.165) is 6.07 Å². The first kappa shape index (κ1) is 15.3. The van der Waals surface area contributed by atoms with Crippen molar-refractivity contribution < 1.29 is 22.7 Å². The van der Waals surface area contributed by atoms with Gasteiger partial charge in [0.15, 0.2) is 5.82 Å². The zero-order valence-electron chi connectivity index (χ0n) is 12.2. The van der Waals surface area contributed by atoms with Crippen molar-refractivity contribution in [3.63, 3.8) is 0 Å². The fourth-order valence-electron chi connectivity index (χ4n) is 3.15. The van der Waals surface area contributed by atoms with Crippen molar-refractivity contribution in [3.8, 4) is 0 Å². The molecule has 0 aliphatic carbocycles. The van der Waals surface area contributed by atoms with Crippen LogP contribution in [0.3, 0.4) is 0 Å². The molecule has 1 aliphatic rings. The van der Waals surface area contributed by atoms with Gasteiger partial charge in [0, 0.05) is 6.20 Å². The number of nitrogens with zero attached hydrogens (tertiary/aromatic N) is 2. The maximum Gasteiger partial charge on any atom is 0.417 e. The van der Waals surface area contributed by atoms with Gasteiger partial charge in [0.25, 0.3) is 0 Å². The van der Waals surface area contributed by atoms with Crippen LogP contribution in [0.2, 0.25) is 0 Å². The molecular weight excluding hydrogens is 300 g/mol. The van der Waals surface area contributed by atoms with Crippen molar-refractivity contribution in [2.24, 2.45) is 11.8 Å². The number of fused-ring (bicyclic) bond motifs is 3. The molecule has 1 aliphatic heterocycles. The predicted octanol–water partition coefficient (Wildman–Crippen LogP) is 3.38. The lowest BCUT2D eigenvalue weighted by atomic mass is 9.84. The Balaban J connectivity index is 2.15. The third-order valence-corrected chi connectivity index (χ3v) is 4.41. The summed E-state index contributed by atoms with van der Waals surface area (Å²) < 4.78 is 54.3. The highest BCUT2D eigenvalue weighted by Crippen LogP contribution is 2.36. The third-order valence-electron chi connectivity index (χ3n) is 4.41. The number of halogens is 4. The number of aliphatic hydroxyl groups excluding tert-OH is 1. The van der Waals surface area contributed by atoms with Gasteiger partial charge in [-0.2, -0.15) is 13.2 Å². The molecule has 0 saturated carbocycles. The van der Waals surface area contributed by atoms with Gasteiger partial charge in [0.1, 0.15) is 5.65 Å². The highest BCUT2D eigenvalue weighted by molar-refractivity contribution is 5.79. The lowest BCUT2D eigenvalue weighted by Gasteiger charge is -2.32. The van der Waals surface area contributed by atoms with E-state index in [2.05, 4.69) is 4.98 Å². The molecule has 0 fully saturated rings. The van der Waals surface area contributed by atoms with Crippen molar-refractivity contribution in [2.45, 2.75) is 39.1 Å². The van der Waals surface area contributed by atoms with Crippen LogP contribution in [-0.4, -0.2) is 20.8 Å². The van der Waals surface area contributed by atoms with Crippen LogP contribution >= 0.6 is 0 Å². The second-order valence-electron chi connectivity index (χ2n) is 6.14. The van der Waals surface area contributed by atoms with Gasteiger partial charge in [0.2, 0.25) is 0 Å². The maximum atomic E-state index is 14.5. The van der Waals surface area contributed by atoms with E-state index in [-0.39, 0.29) is 29.4 Å². The molecule has 22 heavy (non-hydrogen) atoms. The number of aliphatic hydroxyl groups is 1. The summed E-state index contributed by atoms with van der Waals surface area (Å²) in [6.07, 6.45) is -4.22. The highest BCUT2D eigenvalue weighted by Gasteiger charge is 2.36. The minimum atomic E-state index is -4.56. The molecule has 2 unspecified atom stereocenters. The Kier molecular flexibility index (Phi) is 3.43. The van der Waals surface area contributed by atoms with Crippen LogP contribution in [0.4, 0.5) is 17.6 Å². The smallest absolute Gasteiger partial charge is 0.391 e. The topological polar surface area (TPSA) is 38.0 Å². The van der Waals surface area contributed by atoms with Crippen molar-refractivity contribution in [3.05, 3.63) is 29.3 Å². The van der Waals surface area contributed by atoms with Gasteiger partial charge in [0.05, 0.1) is 29.3 Å². The summed E-state index contributed by atoms with van der Waals surface area (Å²) in [6.45, 7) is 4.02. The summed E-state index contributed by atoms with van der Waals surface area (Å²) >= 11 is 0. The first-order chi connectivity index (χ1) is 10.2. The van der Waals surface area contributed by atoms with Crippen molar-refractivity contribution in [2.75, 3.05) is 0 Å². The van der Waals surface area contributed by atoms with E-state index in [0.29, 0.717) is 18.3 Å². The molecule has 0 spiro atoms. The fraction of sp³-hybridized carbons (Fsp3) is 0.533. The summed E-state index contributed by atoms with van der Waals surface area (Å²) in [5, 5.41) is 10.1. The minimum Gasteiger partial charge on any atom is -0.391 e. The van der Waals surface area contributed by atoms with E-state index in [9.17, 15) is 22.7 Å². The molecule has 3 rings (SSSR count). The molecule has 2 aromatic rings. The Morgan fingerprint density at radius 2 is 2.05 bits per heavy atom. The monoisotopic (exact) mass is 316 g/mol. The van der Waals surface area contributed by atoms with E-state index in [4.69, 9.17) is 0 Å². The molecule has 120 valence electrons. The summed E-state index contributed by atoms with van der Waals surface area (Å²) in [4.78, 5) is 3.78. The van der Waals surface area contributed by atoms with Gasteiger partial charge in [-0.05, 0) is 24.3 Å². The molecule has 2 aromatic heterocycles. The van der Waals surface area contributed by atoms with Gasteiger partial charge >= 0.3 is 6.18 Å². The van der Waals surface area contributed by atoms with Crippen LogP contribution in [0.25, 0.3) is 11.0 Å². The van der Waals surface area contributed by atoms with E-state index in [1.54, 1.807) is 0 Å². The van der Waals surface area contributed by atoms with E-state index in [1.165, 1.54) is 4.57 Å². The second kappa shape index (κ2) is 4.94. The third kappa shape index (κ3) is 2.27. The number of hydrogen-bond donors (Lipinski definition) is 1. The number of aromatic nitrogens is 2. The molecule has 0 aromatic carbocycles. The zero-order chi connectivity index (χ0) is 16.2. The Labute approximate surface area is 124 Å². The summed E-state index contributed by atoms with van der Waals surface area (Å²) in [5.41, 5.74) is -0.490. The van der Waals surface area contributed by atoms with Crippen LogP contribution in [0.15, 0.2) is 12.3 Å². The number of pyridine rings is 1. The van der Waals surface area contributed by atoms with E-state index >= 15 is 0 Å². The van der Waals surface area contributed by atoms with Crippen LogP contribution in [-0.2, 0) is 19.1 Å². The Bertz CT molecular complexity index is 720. The van der Waals surface area contributed by atoms with Gasteiger partial charge in [-0.1, -0.05) is 13.8 Å². The van der Waals surface area contributed by atoms with Gasteiger partial charge in [-0.15, -0.1) is 0 Å². The molecule has 3 nitrogen and oxygen atoms in total. The molecule has 2 atom stereocenters. The minimum absolute atomic E-state index is 0.117. The molecule has 3 heterocycles. The average Bonchev–Trinajstić information content (AvgIpc) is 2.69. The van der Waals surface area contributed by atoms with Crippen molar-refractivity contribution in [1.82, 2.24) is 9.55 Å². The predicted molar refractivity (Wildman–Crippen MR) is 72.7 cm³/mol. The van der Waals surface area contributed by atoms with Gasteiger partial charge < -0.3 is 9.67 Å². The van der Waals surface area contributed by atoms with Crippen LogP contribution < -0.4 is 0 Å². The number of alkyl halides is 3. The second-order valence-corrected chi connectivity index (χ2v) is 6.14. The van der Waals surface area contributed by atoms with Crippen LogP contribution in [0.5, 0.6) is 0 Å². The molecule has 0 radical (unpaired) electrons. The summed E-state index contributed by atoms with van der Waals surface area (Å²) in [6, 6.07) is 0.791. The Morgan fingerprint density at radius 3 is 2.64 bits per heavy atom. The molecule has 1 N–H and O–H groups in total. The van der Waals surface area contributed by atoms with Crippen LogP contribution in [0.1, 0.15) is 25.1 Å². The molecule has 0 bridgehead atoms. The Morgan fingerprint density at radius 1 is 1.36 bits per heavy atom. The lowest BCUT2D eigenvalue weighted by molar-refractivity contribution is -0.137. The van der Waals surface area contributed by atoms with Gasteiger partial charge in [-0.3, -0.25) is 0 Å². The van der Waals surface area contributed by atoms with Crippen molar-refractivity contribution in [1.29, 1.82) is 0 Å². The Hall–Kier alpha value is -1.63. The zero-order valence-corrected chi connectivity index (χ0v) is 12.2. The standard InChI is InChI=1S/C15H16F4N2O/c1-7(2)9-4-11-13(16)10-3-8(15(17,18)19)5-20-14(10)21(11)6-12(9)22/h3,5,7,9,12,22H,4,6H2,1-2H3. The fourth-order valence-corrected chi connectivity index (χ4v) is 3.15.